The maximum Gasteiger partial charge on any atom is 0.0330 e. The third-order valence-electron chi connectivity index (χ3n) is 2.74. The van der Waals surface area contributed by atoms with Crippen LogP contribution in [0.1, 0.15) is 60.3 Å². The van der Waals surface area contributed by atoms with Crippen molar-refractivity contribution in [2.75, 3.05) is 6.54 Å². The smallest absolute Gasteiger partial charge is 0.0330 e. The van der Waals surface area contributed by atoms with E-state index in [4.69, 9.17) is 0 Å². The van der Waals surface area contributed by atoms with Gasteiger partial charge in [-0.2, -0.15) is 0 Å². The summed E-state index contributed by atoms with van der Waals surface area (Å²) >= 11 is 0. The van der Waals surface area contributed by atoms with E-state index in [0.29, 0.717) is 0 Å². The van der Waals surface area contributed by atoms with E-state index in [1.165, 1.54) is 29.7 Å². The SMILES string of the molecule is C/C=C(/CCC)NC/C=C(/C)CCC=C(C)C. The second kappa shape index (κ2) is 10.2. The summed E-state index contributed by atoms with van der Waals surface area (Å²) in [7, 11) is 0. The zero-order valence-electron chi connectivity index (χ0n) is 12.3. The van der Waals surface area contributed by atoms with Crippen molar-refractivity contribution in [2.45, 2.75) is 60.3 Å². The van der Waals surface area contributed by atoms with Gasteiger partial charge in [0.05, 0.1) is 0 Å². The predicted octanol–water partition coefficient (Wildman–Crippen LogP) is 4.97. The van der Waals surface area contributed by atoms with Crippen LogP contribution in [0.15, 0.2) is 35.1 Å². The van der Waals surface area contributed by atoms with Crippen LogP contribution in [-0.2, 0) is 0 Å². The summed E-state index contributed by atoms with van der Waals surface area (Å²) < 4.78 is 0. The number of nitrogens with one attached hydrogen (secondary N) is 1. The summed E-state index contributed by atoms with van der Waals surface area (Å²) in [4.78, 5) is 0. The molecule has 0 aliphatic heterocycles. The van der Waals surface area contributed by atoms with Crippen LogP contribution in [0.2, 0.25) is 0 Å². The van der Waals surface area contributed by atoms with E-state index in [9.17, 15) is 0 Å². The highest BCUT2D eigenvalue weighted by molar-refractivity contribution is 5.05. The molecule has 98 valence electrons. The molecular formula is C16H29N. The first-order valence-corrected chi connectivity index (χ1v) is 6.78. The monoisotopic (exact) mass is 235 g/mol. The van der Waals surface area contributed by atoms with Crippen molar-refractivity contribution >= 4 is 0 Å². The topological polar surface area (TPSA) is 12.0 Å². The molecule has 0 aliphatic carbocycles. The fourth-order valence-corrected chi connectivity index (χ4v) is 1.65. The van der Waals surface area contributed by atoms with E-state index >= 15 is 0 Å². The molecule has 0 unspecified atom stereocenters. The van der Waals surface area contributed by atoms with Crippen molar-refractivity contribution in [1.29, 1.82) is 0 Å². The molecule has 1 heteroatoms. The van der Waals surface area contributed by atoms with E-state index in [2.05, 4.69) is 58.2 Å². The molecule has 0 aliphatic rings. The van der Waals surface area contributed by atoms with E-state index in [1.807, 2.05) is 0 Å². The largest absolute Gasteiger partial charge is 0.385 e. The Kier molecular flexibility index (Phi) is 9.60. The summed E-state index contributed by atoms with van der Waals surface area (Å²) in [6.45, 7) is 11.8. The minimum atomic E-state index is 0.959. The van der Waals surface area contributed by atoms with Gasteiger partial charge in [0.2, 0.25) is 0 Å². The van der Waals surface area contributed by atoms with Crippen LogP contribution in [0.3, 0.4) is 0 Å². The molecule has 17 heavy (non-hydrogen) atoms. The summed E-state index contributed by atoms with van der Waals surface area (Å²) in [5.74, 6) is 0. The number of hydrogen-bond acceptors (Lipinski definition) is 1. The summed E-state index contributed by atoms with van der Waals surface area (Å²) in [6, 6.07) is 0. The van der Waals surface area contributed by atoms with Gasteiger partial charge >= 0.3 is 0 Å². The minimum absolute atomic E-state index is 0.959. The lowest BCUT2D eigenvalue weighted by Crippen LogP contribution is -2.13. The van der Waals surface area contributed by atoms with Crippen LogP contribution in [0, 0.1) is 0 Å². The van der Waals surface area contributed by atoms with Gasteiger partial charge in [-0.1, -0.05) is 42.7 Å². The molecule has 0 amide bonds. The molecule has 0 saturated heterocycles. The molecule has 0 fully saturated rings. The lowest BCUT2D eigenvalue weighted by molar-refractivity contribution is 0.777. The fraction of sp³-hybridized carbons (Fsp3) is 0.625. The van der Waals surface area contributed by atoms with Gasteiger partial charge in [0, 0.05) is 12.2 Å². The summed E-state index contributed by atoms with van der Waals surface area (Å²) in [6.07, 6.45) is 11.5. The maximum atomic E-state index is 3.47. The Balaban J connectivity index is 3.87. The standard InChI is InChI=1S/C16H29N/c1-6-9-16(7-2)17-13-12-15(5)11-8-10-14(3)4/h7,10,12,17H,6,8-9,11,13H2,1-5H3/b15-12-,16-7-. The quantitative estimate of drug-likeness (QED) is 0.585. The Labute approximate surface area is 108 Å². The van der Waals surface area contributed by atoms with Crippen molar-refractivity contribution < 1.29 is 0 Å². The lowest BCUT2D eigenvalue weighted by Gasteiger charge is -2.08. The molecule has 1 N–H and O–H groups in total. The molecule has 0 aromatic rings. The average Bonchev–Trinajstić information content (AvgIpc) is 2.27. The average molecular weight is 235 g/mol. The summed E-state index contributed by atoms with van der Waals surface area (Å²) in [5, 5.41) is 3.47. The van der Waals surface area contributed by atoms with E-state index in [0.717, 1.165) is 19.4 Å². The minimum Gasteiger partial charge on any atom is -0.385 e. The van der Waals surface area contributed by atoms with Crippen molar-refractivity contribution in [2.24, 2.45) is 0 Å². The molecule has 0 saturated carbocycles. The Hall–Kier alpha value is -0.980. The molecular weight excluding hydrogens is 206 g/mol. The summed E-state index contributed by atoms with van der Waals surface area (Å²) in [5.41, 5.74) is 4.25. The van der Waals surface area contributed by atoms with Crippen LogP contribution in [-0.4, -0.2) is 6.54 Å². The van der Waals surface area contributed by atoms with Crippen LogP contribution >= 0.6 is 0 Å². The highest BCUT2D eigenvalue weighted by atomic mass is 14.9. The third kappa shape index (κ3) is 9.92. The van der Waals surface area contributed by atoms with Crippen molar-refractivity contribution in [3.8, 4) is 0 Å². The van der Waals surface area contributed by atoms with Gasteiger partial charge in [-0.15, -0.1) is 0 Å². The Morgan fingerprint density at radius 3 is 2.29 bits per heavy atom. The molecule has 1 nitrogen and oxygen atoms in total. The van der Waals surface area contributed by atoms with Gasteiger partial charge in [-0.05, 0) is 47.0 Å². The van der Waals surface area contributed by atoms with E-state index < -0.39 is 0 Å². The van der Waals surface area contributed by atoms with E-state index in [-0.39, 0.29) is 0 Å². The first kappa shape index (κ1) is 16.0. The van der Waals surface area contributed by atoms with E-state index in [1.54, 1.807) is 0 Å². The molecule has 0 atom stereocenters. The second-order valence-electron chi connectivity index (χ2n) is 4.82. The van der Waals surface area contributed by atoms with Gasteiger partial charge in [-0.25, -0.2) is 0 Å². The maximum absolute atomic E-state index is 3.47. The van der Waals surface area contributed by atoms with Crippen LogP contribution in [0.25, 0.3) is 0 Å². The zero-order chi connectivity index (χ0) is 13.1. The van der Waals surface area contributed by atoms with Gasteiger partial charge in [0.1, 0.15) is 0 Å². The molecule has 0 aromatic heterocycles. The first-order valence-electron chi connectivity index (χ1n) is 6.78. The molecule has 0 heterocycles. The number of rotatable bonds is 8. The van der Waals surface area contributed by atoms with Crippen molar-refractivity contribution in [3.05, 3.63) is 35.1 Å². The number of hydrogen-bond donors (Lipinski definition) is 1. The third-order valence-corrected chi connectivity index (χ3v) is 2.74. The number of allylic oxidation sites excluding steroid dienone is 5. The van der Waals surface area contributed by atoms with Gasteiger partial charge in [0.15, 0.2) is 0 Å². The molecule has 0 rings (SSSR count). The zero-order valence-corrected chi connectivity index (χ0v) is 12.3. The van der Waals surface area contributed by atoms with Gasteiger partial charge in [-0.3, -0.25) is 0 Å². The molecule has 0 aromatic carbocycles. The van der Waals surface area contributed by atoms with Crippen LogP contribution in [0.4, 0.5) is 0 Å². The normalized spacial score (nSPS) is 12.5. The van der Waals surface area contributed by atoms with Crippen molar-refractivity contribution in [3.63, 3.8) is 0 Å². The highest BCUT2D eigenvalue weighted by Crippen LogP contribution is 2.06. The van der Waals surface area contributed by atoms with Crippen LogP contribution in [0.5, 0.6) is 0 Å². The van der Waals surface area contributed by atoms with Gasteiger partial charge in [0.25, 0.3) is 0 Å². The molecule has 0 bridgehead atoms. The molecule has 0 spiro atoms. The Morgan fingerprint density at radius 1 is 1.06 bits per heavy atom. The Morgan fingerprint density at radius 2 is 1.76 bits per heavy atom. The first-order chi connectivity index (χ1) is 8.10. The van der Waals surface area contributed by atoms with Crippen molar-refractivity contribution in [1.82, 2.24) is 5.32 Å². The predicted molar refractivity (Wildman–Crippen MR) is 79.1 cm³/mol. The molecule has 0 radical (unpaired) electrons. The second-order valence-corrected chi connectivity index (χ2v) is 4.82. The van der Waals surface area contributed by atoms with Crippen LogP contribution < -0.4 is 5.32 Å². The lowest BCUT2D eigenvalue weighted by atomic mass is 10.1. The Bertz CT molecular complexity index is 278. The fourth-order valence-electron chi connectivity index (χ4n) is 1.65. The van der Waals surface area contributed by atoms with Gasteiger partial charge < -0.3 is 5.32 Å². The highest BCUT2D eigenvalue weighted by Gasteiger charge is 1.92.